The number of rotatable bonds is 5. The maximum Gasteiger partial charge on any atom is 0.320 e. The molecule has 0 unspecified atom stereocenters. The lowest BCUT2D eigenvalue weighted by Crippen LogP contribution is -2.61. The number of hydrogen-bond donors (Lipinski definition) is 1. The Balaban J connectivity index is 1.11. The number of nitriles is 1. The van der Waals surface area contributed by atoms with E-state index in [1.54, 1.807) is 6.33 Å². The molecule has 188 valence electrons. The number of piperazine rings is 1. The number of likely N-dealkylation sites (tertiary alicyclic amines) is 1. The van der Waals surface area contributed by atoms with E-state index in [0.29, 0.717) is 18.5 Å². The summed E-state index contributed by atoms with van der Waals surface area (Å²) in [4.78, 5) is 31.6. The summed E-state index contributed by atoms with van der Waals surface area (Å²) >= 11 is 0. The SMILES string of the molecule is CC[C@H]1CCCN1C(=O)N1CCN([C@H]2C[C@](CC#N)(n3cc(-c4ncnc5[nH]ccc45)cn3)C2)CC1. The average Bonchev–Trinajstić information content (AvgIpc) is 3.65. The molecule has 0 bridgehead atoms. The summed E-state index contributed by atoms with van der Waals surface area (Å²) in [7, 11) is 0. The first-order valence-corrected chi connectivity index (χ1v) is 13.1. The van der Waals surface area contributed by atoms with Crippen LogP contribution in [0.3, 0.4) is 0 Å². The standard InChI is InChI=1S/C26H33N9O/c1-2-20-4-3-9-34(20)25(36)33-12-10-32(11-13-33)21-14-26(15-21,6-7-27)35-17-19(16-31-35)23-22-5-8-28-24(22)30-18-29-23/h5,8,16-18,20-21H,2-4,6,9-15H2,1H3,(H,28,29,30)/t20-,21-,26-/m0/s1. The molecule has 0 radical (unpaired) electrons. The van der Waals surface area contributed by atoms with Crippen LogP contribution in [-0.4, -0.2) is 90.3 Å². The van der Waals surface area contributed by atoms with Crippen molar-refractivity contribution in [3.8, 4) is 17.3 Å². The number of hydrogen-bond acceptors (Lipinski definition) is 6. The van der Waals surface area contributed by atoms with Crippen LogP contribution in [0.5, 0.6) is 0 Å². The van der Waals surface area contributed by atoms with Crippen LogP contribution < -0.4 is 0 Å². The Labute approximate surface area is 210 Å². The van der Waals surface area contributed by atoms with Crippen molar-refractivity contribution in [1.82, 2.24) is 39.4 Å². The Hall–Kier alpha value is -3.45. The minimum atomic E-state index is -0.293. The highest BCUT2D eigenvalue weighted by Crippen LogP contribution is 2.45. The lowest BCUT2D eigenvalue weighted by Gasteiger charge is -2.52. The molecular formula is C26H33N9O. The summed E-state index contributed by atoms with van der Waals surface area (Å²) in [6, 6.07) is 5.41. The van der Waals surface area contributed by atoms with Gasteiger partial charge in [0.05, 0.1) is 29.9 Å². The van der Waals surface area contributed by atoms with E-state index in [2.05, 4.69) is 42.8 Å². The predicted octanol–water partition coefficient (Wildman–Crippen LogP) is 3.20. The van der Waals surface area contributed by atoms with E-state index < -0.39 is 0 Å². The summed E-state index contributed by atoms with van der Waals surface area (Å²) in [5, 5.41) is 15.3. The van der Waals surface area contributed by atoms with Crippen LogP contribution in [0, 0.1) is 11.3 Å². The Kier molecular flexibility index (Phi) is 5.88. The summed E-state index contributed by atoms with van der Waals surface area (Å²) in [6.07, 6.45) is 12.8. The molecule has 1 aliphatic carbocycles. The van der Waals surface area contributed by atoms with Gasteiger partial charge in [0.1, 0.15) is 12.0 Å². The zero-order valence-electron chi connectivity index (χ0n) is 20.8. The molecule has 36 heavy (non-hydrogen) atoms. The van der Waals surface area contributed by atoms with Crippen molar-refractivity contribution in [3.63, 3.8) is 0 Å². The zero-order chi connectivity index (χ0) is 24.7. The van der Waals surface area contributed by atoms with E-state index in [1.165, 1.54) is 0 Å². The third-order valence-corrected chi connectivity index (χ3v) is 8.53. The van der Waals surface area contributed by atoms with E-state index in [9.17, 15) is 10.1 Å². The molecule has 2 saturated heterocycles. The molecule has 1 N–H and O–H groups in total. The fourth-order valence-electron chi connectivity index (χ4n) is 6.41. The largest absolute Gasteiger partial charge is 0.346 e. The first kappa shape index (κ1) is 23.0. The van der Waals surface area contributed by atoms with Crippen molar-refractivity contribution in [2.45, 2.75) is 63.1 Å². The molecule has 10 nitrogen and oxygen atoms in total. The van der Waals surface area contributed by atoms with Gasteiger partial charge in [0.2, 0.25) is 0 Å². The summed E-state index contributed by atoms with van der Waals surface area (Å²) in [6.45, 7) is 6.41. The lowest BCUT2D eigenvalue weighted by molar-refractivity contribution is -0.0149. The van der Waals surface area contributed by atoms with Crippen LogP contribution in [0.1, 0.15) is 45.4 Å². The van der Waals surface area contributed by atoms with Gasteiger partial charge < -0.3 is 14.8 Å². The van der Waals surface area contributed by atoms with Crippen LogP contribution in [0.4, 0.5) is 4.79 Å². The first-order chi connectivity index (χ1) is 17.6. The van der Waals surface area contributed by atoms with E-state index >= 15 is 0 Å². The highest BCUT2D eigenvalue weighted by molar-refractivity contribution is 5.90. The van der Waals surface area contributed by atoms with Crippen molar-refractivity contribution in [3.05, 3.63) is 31.0 Å². The monoisotopic (exact) mass is 487 g/mol. The Morgan fingerprint density at radius 1 is 1.22 bits per heavy atom. The lowest BCUT2D eigenvalue weighted by atomic mass is 9.70. The number of nitrogens with zero attached hydrogens (tertiary/aromatic N) is 8. The number of carbonyl (C=O) groups excluding carboxylic acids is 1. The van der Waals surface area contributed by atoms with Gasteiger partial charge in [-0.2, -0.15) is 10.4 Å². The quantitative estimate of drug-likeness (QED) is 0.592. The van der Waals surface area contributed by atoms with Crippen molar-refractivity contribution in [2.75, 3.05) is 32.7 Å². The predicted molar refractivity (Wildman–Crippen MR) is 135 cm³/mol. The fourth-order valence-corrected chi connectivity index (χ4v) is 6.41. The highest BCUT2D eigenvalue weighted by Gasteiger charge is 2.49. The topological polar surface area (TPSA) is 110 Å². The smallest absolute Gasteiger partial charge is 0.320 e. The molecule has 1 saturated carbocycles. The van der Waals surface area contributed by atoms with Gasteiger partial charge >= 0.3 is 6.03 Å². The van der Waals surface area contributed by atoms with Crippen LogP contribution >= 0.6 is 0 Å². The molecular weight excluding hydrogens is 454 g/mol. The van der Waals surface area contributed by atoms with Crippen LogP contribution in [0.2, 0.25) is 0 Å². The number of nitrogens with one attached hydrogen (secondary N) is 1. The zero-order valence-corrected chi connectivity index (χ0v) is 20.8. The third-order valence-electron chi connectivity index (χ3n) is 8.53. The van der Waals surface area contributed by atoms with E-state index in [-0.39, 0.29) is 11.6 Å². The second-order valence-electron chi connectivity index (χ2n) is 10.5. The number of amides is 2. The number of H-pyrrole nitrogens is 1. The molecule has 0 spiro atoms. The van der Waals surface area contributed by atoms with Crippen molar-refractivity contribution in [1.29, 1.82) is 5.26 Å². The number of carbonyl (C=O) groups is 1. The minimum Gasteiger partial charge on any atom is -0.346 e. The maximum atomic E-state index is 13.1. The molecule has 0 aromatic carbocycles. The normalized spacial score (nSPS) is 26.8. The Bertz CT molecular complexity index is 1280. The molecule has 6 rings (SSSR count). The van der Waals surface area contributed by atoms with E-state index in [0.717, 1.165) is 87.1 Å². The minimum absolute atomic E-state index is 0.219. The molecule has 3 aliphatic rings. The van der Waals surface area contributed by atoms with Crippen molar-refractivity contribution < 1.29 is 4.79 Å². The van der Waals surface area contributed by atoms with Gasteiger partial charge in [-0.25, -0.2) is 14.8 Å². The Morgan fingerprint density at radius 2 is 2.06 bits per heavy atom. The maximum absolute atomic E-state index is 13.1. The summed E-state index contributed by atoms with van der Waals surface area (Å²) in [5.74, 6) is 0. The molecule has 2 amide bonds. The van der Waals surface area contributed by atoms with Gasteiger partial charge in [0, 0.05) is 68.2 Å². The van der Waals surface area contributed by atoms with Gasteiger partial charge in [0.15, 0.2) is 0 Å². The molecule has 3 fully saturated rings. The van der Waals surface area contributed by atoms with E-state index in [4.69, 9.17) is 0 Å². The number of aromatic nitrogens is 5. The van der Waals surface area contributed by atoms with Crippen LogP contribution in [0.25, 0.3) is 22.3 Å². The van der Waals surface area contributed by atoms with Crippen molar-refractivity contribution >= 4 is 17.1 Å². The van der Waals surface area contributed by atoms with Gasteiger partial charge in [-0.05, 0) is 38.2 Å². The van der Waals surface area contributed by atoms with Crippen LogP contribution in [-0.2, 0) is 5.54 Å². The fraction of sp³-hybridized carbons (Fsp3) is 0.577. The van der Waals surface area contributed by atoms with Crippen molar-refractivity contribution in [2.24, 2.45) is 0 Å². The number of fused-ring (bicyclic) bond motifs is 1. The van der Waals surface area contributed by atoms with Crippen LogP contribution in [0.15, 0.2) is 31.0 Å². The van der Waals surface area contributed by atoms with Gasteiger partial charge in [0.25, 0.3) is 0 Å². The molecule has 1 atom stereocenters. The molecule has 3 aromatic rings. The second kappa shape index (κ2) is 9.21. The second-order valence-corrected chi connectivity index (χ2v) is 10.5. The van der Waals surface area contributed by atoms with Gasteiger partial charge in [-0.1, -0.05) is 6.92 Å². The highest BCUT2D eigenvalue weighted by atomic mass is 16.2. The average molecular weight is 488 g/mol. The molecule has 10 heteroatoms. The molecule has 2 aliphatic heterocycles. The summed E-state index contributed by atoms with van der Waals surface area (Å²) < 4.78 is 1.99. The van der Waals surface area contributed by atoms with E-state index in [1.807, 2.05) is 34.2 Å². The van der Waals surface area contributed by atoms with Gasteiger partial charge in [-0.15, -0.1) is 0 Å². The number of urea groups is 1. The molecule has 5 heterocycles. The first-order valence-electron chi connectivity index (χ1n) is 13.1. The number of aromatic amines is 1. The molecule has 3 aromatic heterocycles. The van der Waals surface area contributed by atoms with Gasteiger partial charge in [-0.3, -0.25) is 9.58 Å². The summed E-state index contributed by atoms with van der Waals surface area (Å²) in [5.41, 5.74) is 2.29. The Morgan fingerprint density at radius 3 is 2.83 bits per heavy atom. The third kappa shape index (κ3) is 3.82.